The van der Waals surface area contributed by atoms with Crippen molar-refractivity contribution < 1.29 is 9.90 Å². The molecule has 1 saturated heterocycles. The number of carbonyl (C=O) groups is 1. The van der Waals surface area contributed by atoms with Crippen LogP contribution in [0.2, 0.25) is 0 Å². The summed E-state index contributed by atoms with van der Waals surface area (Å²) in [5, 5.41) is 9.20. The van der Waals surface area contributed by atoms with Gasteiger partial charge in [0.15, 0.2) is 0 Å². The molecule has 2 unspecified atom stereocenters. The Kier molecular flexibility index (Phi) is 6.65. The zero-order valence-corrected chi connectivity index (χ0v) is 13.1. The maximum absolute atomic E-state index is 12.2. The van der Waals surface area contributed by atoms with Gasteiger partial charge in [-0.25, -0.2) is 0 Å². The van der Waals surface area contributed by atoms with E-state index in [0.29, 0.717) is 24.3 Å². The molecule has 0 saturated carbocycles. The lowest BCUT2D eigenvalue weighted by Crippen LogP contribution is -2.35. The van der Waals surface area contributed by atoms with Gasteiger partial charge in [-0.2, -0.15) is 0 Å². The zero-order chi connectivity index (χ0) is 13.8. The van der Waals surface area contributed by atoms with E-state index in [4.69, 9.17) is 5.73 Å². The van der Waals surface area contributed by atoms with Crippen LogP contribution in [0.5, 0.6) is 5.75 Å². The number of amides is 1. The van der Waals surface area contributed by atoms with Crippen LogP contribution < -0.4 is 5.73 Å². The van der Waals surface area contributed by atoms with Gasteiger partial charge < -0.3 is 15.7 Å². The summed E-state index contributed by atoms with van der Waals surface area (Å²) in [5.41, 5.74) is 5.67. The maximum atomic E-state index is 12.2. The van der Waals surface area contributed by atoms with Crippen LogP contribution in [-0.2, 0) is 4.79 Å². The first-order chi connectivity index (χ1) is 9.10. The van der Waals surface area contributed by atoms with Crippen molar-refractivity contribution in [3.05, 3.63) is 24.3 Å². The number of thioether (sulfide) groups is 1. The number of nitrogens with two attached hydrogens (primary N) is 1. The van der Waals surface area contributed by atoms with Gasteiger partial charge in [0.2, 0.25) is 5.91 Å². The number of hydrogen-bond donors (Lipinski definition) is 2. The lowest BCUT2D eigenvalue weighted by atomic mass is 10.1. The molecule has 2 atom stereocenters. The summed E-state index contributed by atoms with van der Waals surface area (Å²) < 4.78 is 0. The largest absolute Gasteiger partial charge is 0.508 e. The van der Waals surface area contributed by atoms with Crippen LogP contribution in [0.15, 0.2) is 29.2 Å². The molecule has 1 aliphatic rings. The maximum Gasteiger partial charge on any atom is 0.233 e. The average molecular weight is 317 g/mol. The van der Waals surface area contributed by atoms with Gasteiger partial charge in [0, 0.05) is 17.5 Å². The topological polar surface area (TPSA) is 66.6 Å². The Bertz CT molecular complexity index is 441. The smallest absolute Gasteiger partial charge is 0.233 e. The number of likely N-dealkylation sites (tertiary alicyclic amines) is 1. The standard InChI is InChI=1S/C14H20N2O2S.ClH/c1-10-6-11(7-15)8-16(10)14(18)9-19-13-4-2-12(17)3-5-13;/h2-5,10-11,17H,6-9,15H2,1H3;1H. The summed E-state index contributed by atoms with van der Waals surface area (Å²) in [6.45, 7) is 3.52. The highest BCUT2D eigenvalue weighted by atomic mass is 35.5. The number of benzene rings is 1. The van der Waals surface area contributed by atoms with E-state index in [1.54, 1.807) is 12.1 Å². The molecule has 1 aliphatic heterocycles. The summed E-state index contributed by atoms with van der Waals surface area (Å²) in [7, 11) is 0. The van der Waals surface area contributed by atoms with Gasteiger partial charge in [0.05, 0.1) is 5.75 Å². The van der Waals surface area contributed by atoms with Gasteiger partial charge in [-0.3, -0.25) is 4.79 Å². The molecule has 6 heteroatoms. The number of phenols is 1. The van der Waals surface area contributed by atoms with E-state index in [0.717, 1.165) is 17.9 Å². The third-order valence-electron chi connectivity index (χ3n) is 3.51. The fraction of sp³-hybridized carbons (Fsp3) is 0.500. The summed E-state index contributed by atoms with van der Waals surface area (Å²) in [6.07, 6.45) is 1.01. The summed E-state index contributed by atoms with van der Waals surface area (Å²) in [6, 6.07) is 7.21. The molecule has 0 radical (unpaired) electrons. The molecule has 1 aromatic rings. The monoisotopic (exact) mass is 316 g/mol. The normalized spacial score (nSPS) is 21.6. The Morgan fingerprint density at radius 3 is 2.65 bits per heavy atom. The molecular formula is C14H21ClN2O2S. The fourth-order valence-corrected chi connectivity index (χ4v) is 3.22. The van der Waals surface area contributed by atoms with Crippen molar-refractivity contribution in [2.24, 2.45) is 11.7 Å². The minimum absolute atomic E-state index is 0. The van der Waals surface area contributed by atoms with Gasteiger partial charge in [-0.05, 0) is 50.1 Å². The van der Waals surface area contributed by atoms with Crippen molar-refractivity contribution in [1.82, 2.24) is 4.90 Å². The Morgan fingerprint density at radius 1 is 1.45 bits per heavy atom. The van der Waals surface area contributed by atoms with Crippen molar-refractivity contribution in [2.75, 3.05) is 18.8 Å². The van der Waals surface area contributed by atoms with Crippen molar-refractivity contribution >= 4 is 30.1 Å². The van der Waals surface area contributed by atoms with Crippen molar-refractivity contribution in [1.29, 1.82) is 0 Å². The Labute approximate surface area is 130 Å². The van der Waals surface area contributed by atoms with Gasteiger partial charge in [-0.1, -0.05) is 0 Å². The van der Waals surface area contributed by atoms with Gasteiger partial charge in [0.25, 0.3) is 0 Å². The molecule has 1 heterocycles. The second-order valence-corrected chi connectivity index (χ2v) is 6.06. The van der Waals surface area contributed by atoms with Gasteiger partial charge in [-0.15, -0.1) is 24.2 Å². The number of rotatable bonds is 4. The number of nitrogens with zero attached hydrogens (tertiary/aromatic N) is 1. The van der Waals surface area contributed by atoms with E-state index in [1.807, 2.05) is 17.0 Å². The molecule has 0 aromatic heterocycles. The lowest BCUT2D eigenvalue weighted by molar-refractivity contribution is -0.128. The number of aromatic hydroxyl groups is 1. The van der Waals surface area contributed by atoms with Gasteiger partial charge >= 0.3 is 0 Å². The lowest BCUT2D eigenvalue weighted by Gasteiger charge is -2.21. The highest BCUT2D eigenvalue weighted by Gasteiger charge is 2.31. The molecule has 0 bridgehead atoms. The molecule has 1 fully saturated rings. The van der Waals surface area contributed by atoms with Crippen LogP contribution in [0.3, 0.4) is 0 Å². The first kappa shape index (κ1) is 17.1. The number of hydrogen-bond acceptors (Lipinski definition) is 4. The minimum atomic E-state index is 0. The Balaban J connectivity index is 0.00000200. The van der Waals surface area contributed by atoms with Crippen LogP contribution in [0, 0.1) is 5.92 Å². The van der Waals surface area contributed by atoms with E-state index in [2.05, 4.69) is 6.92 Å². The summed E-state index contributed by atoms with van der Waals surface area (Å²) in [5.74, 6) is 1.29. The van der Waals surface area contributed by atoms with E-state index >= 15 is 0 Å². The zero-order valence-electron chi connectivity index (χ0n) is 11.5. The SMILES string of the molecule is CC1CC(CN)CN1C(=O)CSc1ccc(O)cc1.Cl. The molecule has 0 aliphatic carbocycles. The molecular weight excluding hydrogens is 296 g/mol. The van der Waals surface area contributed by atoms with Crippen LogP contribution in [0.1, 0.15) is 13.3 Å². The molecule has 3 N–H and O–H groups in total. The summed E-state index contributed by atoms with van der Waals surface area (Å²) in [4.78, 5) is 15.1. The number of phenolic OH excluding ortho intramolecular Hbond substituents is 1. The Hall–Kier alpha value is -0.910. The number of carbonyl (C=O) groups excluding carboxylic acids is 1. The first-order valence-corrected chi connectivity index (χ1v) is 7.50. The first-order valence-electron chi connectivity index (χ1n) is 6.51. The summed E-state index contributed by atoms with van der Waals surface area (Å²) >= 11 is 1.50. The molecule has 1 amide bonds. The second kappa shape index (κ2) is 7.76. The van der Waals surface area contributed by atoms with Crippen LogP contribution in [-0.4, -0.2) is 40.8 Å². The third kappa shape index (κ3) is 4.30. The van der Waals surface area contributed by atoms with Crippen LogP contribution in [0.4, 0.5) is 0 Å². The van der Waals surface area contributed by atoms with E-state index in [1.165, 1.54) is 11.8 Å². The van der Waals surface area contributed by atoms with Crippen molar-refractivity contribution in [3.63, 3.8) is 0 Å². The van der Waals surface area contributed by atoms with Crippen molar-refractivity contribution in [3.8, 4) is 5.75 Å². The molecule has 20 heavy (non-hydrogen) atoms. The van der Waals surface area contributed by atoms with Crippen LogP contribution >= 0.6 is 24.2 Å². The fourth-order valence-electron chi connectivity index (χ4n) is 2.43. The van der Waals surface area contributed by atoms with E-state index < -0.39 is 0 Å². The molecule has 2 rings (SSSR count). The molecule has 0 spiro atoms. The average Bonchev–Trinajstić information content (AvgIpc) is 2.79. The highest BCUT2D eigenvalue weighted by Crippen LogP contribution is 2.25. The highest BCUT2D eigenvalue weighted by molar-refractivity contribution is 8.00. The predicted molar refractivity (Wildman–Crippen MR) is 84.4 cm³/mol. The third-order valence-corrected chi connectivity index (χ3v) is 4.51. The molecule has 112 valence electrons. The van der Waals surface area contributed by atoms with Crippen LogP contribution in [0.25, 0.3) is 0 Å². The quantitative estimate of drug-likeness (QED) is 0.835. The minimum Gasteiger partial charge on any atom is -0.508 e. The predicted octanol–water partition coefficient (Wildman–Crippen LogP) is 2.10. The van der Waals surface area contributed by atoms with Gasteiger partial charge in [0.1, 0.15) is 5.75 Å². The molecule has 1 aromatic carbocycles. The number of halogens is 1. The molecule has 4 nitrogen and oxygen atoms in total. The van der Waals surface area contributed by atoms with E-state index in [9.17, 15) is 9.90 Å². The Morgan fingerprint density at radius 2 is 2.10 bits per heavy atom. The second-order valence-electron chi connectivity index (χ2n) is 5.02. The van der Waals surface area contributed by atoms with E-state index in [-0.39, 0.29) is 24.1 Å². The van der Waals surface area contributed by atoms with Crippen molar-refractivity contribution in [2.45, 2.75) is 24.3 Å².